The molecule has 8 nitrogen and oxygen atoms in total. The third kappa shape index (κ3) is 7.18. The molecule has 3 heterocycles. The number of hydrogen-bond acceptors (Lipinski definition) is 7. The molecule has 3 N–H and O–H groups in total. The van der Waals surface area contributed by atoms with Gasteiger partial charge < -0.3 is 24.7 Å². The van der Waals surface area contributed by atoms with Gasteiger partial charge in [0.05, 0.1) is 41.8 Å². The summed E-state index contributed by atoms with van der Waals surface area (Å²) in [5.74, 6) is -1.95. The number of amides is 1. The lowest BCUT2D eigenvalue weighted by Crippen LogP contribution is -2.48. The number of ketones is 1. The van der Waals surface area contributed by atoms with E-state index in [-0.39, 0.29) is 24.2 Å². The van der Waals surface area contributed by atoms with Crippen molar-refractivity contribution in [2.45, 2.75) is 110 Å². The van der Waals surface area contributed by atoms with E-state index >= 15 is 4.39 Å². The zero-order chi connectivity index (χ0) is 28.3. The number of oxazole rings is 1. The minimum Gasteiger partial charge on any atom is -0.449 e. The van der Waals surface area contributed by atoms with Gasteiger partial charge in [0.15, 0.2) is 5.89 Å². The number of hydrogen-bond donors (Lipinski definition) is 3. The molecule has 3 rings (SSSR count). The summed E-state index contributed by atoms with van der Waals surface area (Å²) in [7, 11) is 0. The van der Waals surface area contributed by atoms with Crippen LogP contribution in [0.25, 0.3) is 6.08 Å². The lowest BCUT2D eigenvalue weighted by Gasteiger charge is -2.36. The highest BCUT2D eigenvalue weighted by molar-refractivity contribution is 5.88. The van der Waals surface area contributed by atoms with E-state index in [0.29, 0.717) is 37.3 Å². The number of nitrogens with one attached hydrogen (secondary N) is 1. The summed E-state index contributed by atoms with van der Waals surface area (Å²) in [5.41, 5.74) is -1.47. The first-order valence-corrected chi connectivity index (χ1v) is 13.6. The molecule has 7 unspecified atom stereocenters. The second-order valence-corrected chi connectivity index (χ2v) is 11.7. The van der Waals surface area contributed by atoms with Gasteiger partial charge in [-0.1, -0.05) is 33.3 Å². The second kappa shape index (κ2) is 12.2. The van der Waals surface area contributed by atoms with Gasteiger partial charge in [-0.3, -0.25) is 9.59 Å². The smallest absolute Gasteiger partial charge is 0.223 e. The molecule has 1 aromatic rings. The highest BCUT2D eigenvalue weighted by Gasteiger charge is 2.53. The highest BCUT2D eigenvalue weighted by atomic mass is 19.1. The van der Waals surface area contributed by atoms with Gasteiger partial charge in [0.25, 0.3) is 0 Å². The molecule has 1 amide bonds. The number of aliphatic hydroxyl groups is 2. The molecular weight excluding hydrogens is 491 g/mol. The normalized spacial score (nSPS) is 35.3. The van der Waals surface area contributed by atoms with Crippen LogP contribution in [0.5, 0.6) is 0 Å². The van der Waals surface area contributed by atoms with Gasteiger partial charge in [0.1, 0.15) is 23.6 Å². The minimum atomic E-state index is -1.33. The minimum absolute atomic E-state index is 0.155. The fourth-order valence-electron chi connectivity index (χ4n) is 5.37. The van der Waals surface area contributed by atoms with Crippen molar-refractivity contribution in [3.63, 3.8) is 0 Å². The Labute approximate surface area is 224 Å². The standard InChI is InChI=1S/C29H43FN2O6/c1-7-8-11-20-26(35)17(2)10-9-12-29(6)24(38-29)14-22(21(30)13-19-16-37-18(3)31-19)32-25(34)15-23(33)28(4,5)27(20)36/h7,13,16-17,20,22-24,26,33,35H,1,8-12,14-15H2,2-6H3,(H,32,34). The van der Waals surface area contributed by atoms with E-state index in [1.807, 2.05) is 13.8 Å². The Bertz CT molecular complexity index is 1040. The molecule has 212 valence electrons. The molecule has 0 aliphatic carbocycles. The van der Waals surface area contributed by atoms with Crippen LogP contribution >= 0.6 is 0 Å². The molecule has 38 heavy (non-hydrogen) atoms. The van der Waals surface area contributed by atoms with Gasteiger partial charge in [-0.25, -0.2) is 9.37 Å². The molecule has 9 heteroatoms. The van der Waals surface area contributed by atoms with Crippen LogP contribution in [-0.2, 0) is 14.3 Å². The molecule has 2 fully saturated rings. The number of Topliss-reactive ketones (excluding diaryl/α,β-unsaturated/α-hetero) is 1. The fourth-order valence-corrected chi connectivity index (χ4v) is 5.37. The number of allylic oxidation sites excluding steroid dienone is 1. The van der Waals surface area contributed by atoms with Crippen molar-refractivity contribution in [1.82, 2.24) is 10.3 Å². The number of fused-ring (bicyclic) bond motifs is 1. The van der Waals surface area contributed by atoms with E-state index in [1.54, 1.807) is 26.8 Å². The fraction of sp³-hybridized carbons (Fsp3) is 0.690. The topological polar surface area (TPSA) is 125 Å². The van der Waals surface area contributed by atoms with Gasteiger partial charge >= 0.3 is 0 Å². The maximum Gasteiger partial charge on any atom is 0.223 e. The average Bonchev–Trinajstić information content (AvgIpc) is 3.29. The molecule has 0 bridgehead atoms. The summed E-state index contributed by atoms with van der Waals surface area (Å²) >= 11 is 0. The number of halogens is 1. The molecular formula is C29H43FN2O6. The number of aliphatic hydroxyl groups excluding tert-OH is 2. The number of nitrogens with zero attached hydrogens (tertiary/aromatic N) is 1. The average molecular weight is 535 g/mol. The molecule has 0 saturated carbocycles. The zero-order valence-corrected chi connectivity index (χ0v) is 23.2. The van der Waals surface area contributed by atoms with E-state index in [0.717, 1.165) is 6.42 Å². The molecule has 1 aromatic heterocycles. The number of carbonyl (C=O) groups is 2. The SMILES string of the molecule is C=CCCC1C(=O)C(C)(C)C(O)CC(=O)NC(C(F)=Cc2coc(C)n2)CC2OC2(C)CCCC(C)C1O. The summed E-state index contributed by atoms with van der Waals surface area (Å²) in [4.78, 5) is 30.7. The van der Waals surface area contributed by atoms with Crippen molar-refractivity contribution < 1.29 is 33.3 Å². The molecule has 2 saturated heterocycles. The predicted octanol–water partition coefficient (Wildman–Crippen LogP) is 4.44. The van der Waals surface area contributed by atoms with Crippen molar-refractivity contribution in [3.05, 3.63) is 36.3 Å². The number of carbonyl (C=O) groups excluding carboxylic acids is 2. The predicted molar refractivity (Wildman–Crippen MR) is 142 cm³/mol. The quantitative estimate of drug-likeness (QED) is 0.377. The Balaban J connectivity index is 1.88. The number of ether oxygens (including phenoxy) is 1. The van der Waals surface area contributed by atoms with Crippen molar-refractivity contribution in [1.29, 1.82) is 0 Å². The summed E-state index contributed by atoms with van der Waals surface area (Å²) in [6.07, 6.45) is 4.69. The first-order chi connectivity index (χ1) is 17.8. The third-order valence-electron chi connectivity index (χ3n) is 8.27. The van der Waals surface area contributed by atoms with Crippen LogP contribution < -0.4 is 5.32 Å². The molecule has 0 radical (unpaired) electrons. The van der Waals surface area contributed by atoms with Gasteiger partial charge in [0, 0.05) is 25.3 Å². The maximum absolute atomic E-state index is 15.4. The van der Waals surface area contributed by atoms with E-state index in [1.165, 1.54) is 12.3 Å². The number of epoxide rings is 1. The number of rotatable bonds is 5. The number of aromatic nitrogens is 1. The molecule has 2 aliphatic heterocycles. The van der Waals surface area contributed by atoms with Crippen LogP contribution in [0.15, 0.2) is 29.2 Å². The van der Waals surface area contributed by atoms with Crippen LogP contribution in [0.2, 0.25) is 0 Å². The van der Waals surface area contributed by atoms with Gasteiger partial charge in [0.2, 0.25) is 5.91 Å². The Morgan fingerprint density at radius 2 is 2.03 bits per heavy atom. The van der Waals surface area contributed by atoms with Crippen molar-refractivity contribution in [2.75, 3.05) is 0 Å². The van der Waals surface area contributed by atoms with Gasteiger partial charge in [-0.15, -0.1) is 6.58 Å². The van der Waals surface area contributed by atoms with Crippen molar-refractivity contribution >= 4 is 17.8 Å². The van der Waals surface area contributed by atoms with Gasteiger partial charge in [-0.05, 0) is 38.5 Å². The monoisotopic (exact) mass is 534 g/mol. The van der Waals surface area contributed by atoms with Crippen LogP contribution in [0, 0.1) is 24.2 Å². The summed E-state index contributed by atoms with van der Waals surface area (Å²) in [5, 5.41) is 24.9. The van der Waals surface area contributed by atoms with Crippen LogP contribution in [0.4, 0.5) is 4.39 Å². The van der Waals surface area contributed by atoms with Gasteiger partial charge in [-0.2, -0.15) is 0 Å². The van der Waals surface area contributed by atoms with E-state index in [2.05, 4.69) is 16.9 Å². The Hall–Kier alpha value is -2.36. The van der Waals surface area contributed by atoms with Crippen molar-refractivity contribution in [3.8, 4) is 0 Å². The Kier molecular flexibility index (Phi) is 9.71. The third-order valence-corrected chi connectivity index (χ3v) is 8.27. The first kappa shape index (κ1) is 30.2. The van der Waals surface area contributed by atoms with Crippen LogP contribution in [0.1, 0.15) is 84.2 Å². The Morgan fingerprint density at radius 3 is 2.66 bits per heavy atom. The zero-order valence-electron chi connectivity index (χ0n) is 23.2. The summed E-state index contributed by atoms with van der Waals surface area (Å²) in [6, 6.07) is -0.994. The van der Waals surface area contributed by atoms with Crippen LogP contribution in [-0.4, -0.2) is 56.8 Å². The maximum atomic E-state index is 15.4. The van der Waals surface area contributed by atoms with Crippen LogP contribution in [0.3, 0.4) is 0 Å². The lowest BCUT2D eigenvalue weighted by molar-refractivity contribution is -0.144. The van der Waals surface area contributed by atoms with E-state index in [4.69, 9.17) is 9.15 Å². The van der Waals surface area contributed by atoms with Crippen molar-refractivity contribution in [2.24, 2.45) is 17.3 Å². The van der Waals surface area contributed by atoms with E-state index in [9.17, 15) is 19.8 Å². The highest BCUT2D eigenvalue weighted by Crippen LogP contribution is 2.44. The molecule has 0 spiro atoms. The molecule has 0 aromatic carbocycles. The second-order valence-electron chi connectivity index (χ2n) is 11.7. The molecule has 7 atom stereocenters. The first-order valence-electron chi connectivity index (χ1n) is 13.6. The lowest BCUT2D eigenvalue weighted by atomic mass is 9.71. The number of aryl methyl sites for hydroxylation is 1. The summed E-state index contributed by atoms with van der Waals surface area (Å²) in [6.45, 7) is 12.5. The van der Waals surface area contributed by atoms with E-state index < -0.39 is 53.3 Å². The largest absolute Gasteiger partial charge is 0.449 e. The summed E-state index contributed by atoms with van der Waals surface area (Å²) < 4.78 is 26.5. The molecule has 2 aliphatic rings. The Morgan fingerprint density at radius 1 is 1.32 bits per heavy atom.